The predicted molar refractivity (Wildman–Crippen MR) is 81.0 cm³/mol. The Morgan fingerprint density at radius 3 is 3.11 bits per heavy atom. The van der Waals surface area contributed by atoms with Gasteiger partial charge in [0.1, 0.15) is 0 Å². The number of aromatic nitrogens is 1. The van der Waals surface area contributed by atoms with E-state index < -0.39 is 0 Å². The molecule has 2 heterocycles. The van der Waals surface area contributed by atoms with Crippen molar-refractivity contribution >= 4 is 22.9 Å². The number of ether oxygens (including phenoxy) is 1. The Kier molecular flexibility index (Phi) is 6.07. The molecule has 1 aromatic rings. The van der Waals surface area contributed by atoms with Crippen molar-refractivity contribution in [2.45, 2.75) is 38.2 Å². The van der Waals surface area contributed by atoms with Gasteiger partial charge in [-0.15, -0.1) is 22.9 Å². The number of nitrogens with zero attached hydrogens (tertiary/aromatic N) is 2. The molecule has 1 aromatic heterocycles. The molecule has 0 aromatic carbocycles. The number of thiazole rings is 1. The molecule has 5 heteroatoms. The molecule has 2 rings (SSSR count). The van der Waals surface area contributed by atoms with Crippen LogP contribution in [0.5, 0.6) is 0 Å². The zero-order valence-corrected chi connectivity index (χ0v) is 13.3. The maximum absolute atomic E-state index is 5.76. The summed E-state index contributed by atoms with van der Waals surface area (Å²) in [6.45, 7) is 5.70. The molecule has 0 amide bonds. The first-order valence-electron chi connectivity index (χ1n) is 6.97. The molecule has 0 aliphatic carbocycles. The molecule has 1 saturated heterocycles. The maximum atomic E-state index is 5.76. The van der Waals surface area contributed by atoms with E-state index in [4.69, 9.17) is 16.3 Å². The molecule has 0 N–H and O–H groups in total. The number of piperidine rings is 1. The van der Waals surface area contributed by atoms with Crippen molar-refractivity contribution in [2.75, 3.05) is 26.7 Å². The number of alkyl halides is 1. The molecule has 1 fully saturated rings. The van der Waals surface area contributed by atoms with Gasteiger partial charge in [0.05, 0.1) is 22.7 Å². The molecule has 0 radical (unpaired) electrons. The van der Waals surface area contributed by atoms with E-state index in [2.05, 4.69) is 22.2 Å². The summed E-state index contributed by atoms with van der Waals surface area (Å²) in [5.41, 5.74) is 1.01. The molecule has 0 spiro atoms. The molecule has 2 atom stereocenters. The highest BCUT2D eigenvalue weighted by atomic mass is 35.5. The fraction of sp³-hybridized carbons (Fsp3) is 0.786. The SMILES string of the molecule is COC1CN(CCCc2nc(CCl)cs2)CCC1C. The molecule has 1 aliphatic rings. The van der Waals surface area contributed by atoms with Gasteiger partial charge in [-0.3, -0.25) is 0 Å². The van der Waals surface area contributed by atoms with Crippen molar-refractivity contribution in [1.29, 1.82) is 0 Å². The average Bonchev–Trinajstić information content (AvgIpc) is 2.88. The van der Waals surface area contributed by atoms with Crippen molar-refractivity contribution in [2.24, 2.45) is 5.92 Å². The second-order valence-corrected chi connectivity index (χ2v) is 6.52. The van der Waals surface area contributed by atoms with Gasteiger partial charge in [-0.1, -0.05) is 6.92 Å². The summed E-state index contributed by atoms with van der Waals surface area (Å²) in [7, 11) is 1.83. The molecule has 0 saturated carbocycles. The first-order valence-corrected chi connectivity index (χ1v) is 8.38. The van der Waals surface area contributed by atoms with Crippen molar-refractivity contribution < 1.29 is 4.74 Å². The minimum atomic E-state index is 0.400. The van der Waals surface area contributed by atoms with Crippen molar-refractivity contribution in [3.63, 3.8) is 0 Å². The highest BCUT2D eigenvalue weighted by molar-refractivity contribution is 7.09. The Morgan fingerprint density at radius 1 is 1.58 bits per heavy atom. The zero-order chi connectivity index (χ0) is 13.7. The summed E-state index contributed by atoms with van der Waals surface area (Å²) in [5.74, 6) is 1.21. The number of halogens is 1. The Morgan fingerprint density at radius 2 is 2.42 bits per heavy atom. The highest BCUT2D eigenvalue weighted by Crippen LogP contribution is 2.20. The summed E-state index contributed by atoms with van der Waals surface area (Å²) >= 11 is 7.49. The van der Waals surface area contributed by atoms with Gasteiger partial charge in [-0.25, -0.2) is 4.98 Å². The summed E-state index contributed by atoms with van der Waals surface area (Å²) in [6.07, 6.45) is 3.87. The Labute approximate surface area is 124 Å². The highest BCUT2D eigenvalue weighted by Gasteiger charge is 2.25. The van der Waals surface area contributed by atoms with Gasteiger partial charge in [0.25, 0.3) is 0 Å². The molecule has 108 valence electrons. The van der Waals surface area contributed by atoms with Gasteiger partial charge >= 0.3 is 0 Å². The van der Waals surface area contributed by atoms with Crippen LogP contribution in [0.25, 0.3) is 0 Å². The number of rotatable bonds is 6. The summed E-state index contributed by atoms with van der Waals surface area (Å²) in [6, 6.07) is 0. The molecule has 3 nitrogen and oxygen atoms in total. The van der Waals surface area contributed by atoms with Gasteiger partial charge < -0.3 is 9.64 Å². The van der Waals surface area contributed by atoms with E-state index >= 15 is 0 Å². The lowest BCUT2D eigenvalue weighted by molar-refractivity contribution is -0.00506. The van der Waals surface area contributed by atoms with Gasteiger partial charge in [-0.2, -0.15) is 0 Å². The van der Waals surface area contributed by atoms with Crippen LogP contribution in [0.4, 0.5) is 0 Å². The molecule has 0 bridgehead atoms. The normalized spacial score (nSPS) is 24.8. The van der Waals surface area contributed by atoms with Gasteiger partial charge in [0, 0.05) is 25.5 Å². The van der Waals surface area contributed by atoms with E-state index in [-0.39, 0.29) is 0 Å². The number of likely N-dealkylation sites (tertiary alicyclic amines) is 1. The second-order valence-electron chi connectivity index (χ2n) is 5.31. The van der Waals surface area contributed by atoms with Crippen LogP contribution in [0.2, 0.25) is 0 Å². The number of aryl methyl sites for hydroxylation is 1. The molecule has 2 unspecified atom stereocenters. The van der Waals surface area contributed by atoms with Crippen LogP contribution in [0.15, 0.2) is 5.38 Å². The number of hydrogen-bond donors (Lipinski definition) is 0. The summed E-state index contributed by atoms with van der Waals surface area (Å²) in [4.78, 5) is 7.02. The number of hydrogen-bond acceptors (Lipinski definition) is 4. The fourth-order valence-electron chi connectivity index (χ4n) is 2.59. The van der Waals surface area contributed by atoms with Gasteiger partial charge in [0.15, 0.2) is 0 Å². The summed E-state index contributed by atoms with van der Waals surface area (Å²) < 4.78 is 5.55. The monoisotopic (exact) mass is 302 g/mol. The first kappa shape index (κ1) is 15.2. The third kappa shape index (κ3) is 4.42. The summed E-state index contributed by atoms with van der Waals surface area (Å²) in [5, 5.41) is 3.27. The average molecular weight is 303 g/mol. The lowest BCUT2D eigenvalue weighted by Gasteiger charge is -2.36. The topological polar surface area (TPSA) is 25.4 Å². The van der Waals surface area contributed by atoms with E-state index in [1.165, 1.54) is 24.4 Å². The van der Waals surface area contributed by atoms with Crippen LogP contribution < -0.4 is 0 Å². The van der Waals surface area contributed by atoms with Crippen LogP contribution in [-0.2, 0) is 17.0 Å². The molecular formula is C14H23ClN2OS. The van der Waals surface area contributed by atoms with Gasteiger partial charge in [-0.05, 0) is 31.8 Å². The van der Waals surface area contributed by atoms with E-state index in [9.17, 15) is 0 Å². The van der Waals surface area contributed by atoms with E-state index in [1.54, 1.807) is 11.3 Å². The van der Waals surface area contributed by atoms with Crippen molar-refractivity contribution in [1.82, 2.24) is 9.88 Å². The third-order valence-electron chi connectivity index (χ3n) is 3.88. The zero-order valence-electron chi connectivity index (χ0n) is 11.8. The quantitative estimate of drug-likeness (QED) is 0.755. The second kappa shape index (κ2) is 7.58. The van der Waals surface area contributed by atoms with Gasteiger partial charge in [0.2, 0.25) is 0 Å². The van der Waals surface area contributed by atoms with E-state index in [0.29, 0.717) is 17.9 Å². The first-order chi connectivity index (χ1) is 9.22. The van der Waals surface area contributed by atoms with Crippen LogP contribution in [0.1, 0.15) is 30.5 Å². The van der Waals surface area contributed by atoms with Crippen LogP contribution in [0, 0.1) is 5.92 Å². The van der Waals surface area contributed by atoms with Crippen LogP contribution >= 0.6 is 22.9 Å². The smallest absolute Gasteiger partial charge is 0.0929 e. The molecule has 1 aliphatic heterocycles. The lowest BCUT2D eigenvalue weighted by atomic mass is 9.96. The Balaban J connectivity index is 1.70. The minimum absolute atomic E-state index is 0.400. The molecular weight excluding hydrogens is 280 g/mol. The molecule has 19 heavy (non-hydrogen) atoms. The predicted octanol–water partition coefficient (Wildman–Crippen LogP) is 3.17. The lowest BCUT2D eigenvalue weighted by Crippen LogP contribution is -2.44. The van der Waals surface area contributed by atoms with Crippen molar-refractivity contribution in [3.8, 4) is 0 Å². The Bertz CT molecular complexity index is 385. The standard InChI is InChI=1S/C14H23ClN2OS/c1-11-5-7-17(9-13(11)18-2)6-3-4-14-16-12(8-15)10-19-14/h10-11,13H,3-9H2,1-2H3. The van der Waals surface area contributed by atoms with Crippen LogP contribution in [-0.4, -0.2) is 42.7 Å². The largest absolute Gasteiger partial charge is 0.380 e. The van der Waals surface area contributed by atoms with Crippen molar-refractivity contribution in [3.05, 3.63) is 16.1 Å². The minimum Gasteiger partial charge on any atom is -0.380 e. The number of methoxy groups -OCH3 is 1. The van der Waals surface area contributed by atoms with E-state index in [0.717, 1.165) is 25.2 Å². The Hall–Kier alpha value is -0.160. The van der Waals surface area contributed by atoms with Crippen LogP contribution in [0.3, 0.4) is 0 Å². The van der Waals surface area contributed by atoms with E-state index in [1.807, 2.05) is 7.11 Å². The fourth-order valence-corrected chi connectivity index (χ4v) is 3.66. The third-order valence-corrected chi connectivity index (χ3v) is 5.11. The maximum Gasteiger partial charge on any atom is 0.0929 e.